The summed E-state index contributed by atoms with van der Waals surface area (Å²) in [5.74, 6) is -0.407. The molecule has 2 rings (SSSR count). The molecule has 86 valence electrons. The van der Waals surface area contributed by atoms with E-state index in [0.29, 0.717) is 11.3 Å². The van der Waals surface area contributed by atoms with Crippen molar-refractivity contribution in [2.45, 2.75) is 0 Å². The number of hydrogen-bond acceptors (Lipinski definition) is 4. The molecule has 0 aliphatic rings. The van der Waals surface area contributed by atoms with Gasteiger partial charge < -0.3 is 10.5 Å². The molecule has 0 atom stereocenters. The number of carbonyl (C=O) groups is 1. The predicted octanol–water partition coefficient (Wildman–Crippen LogP) is 2.12. The molecule has 0 aliphatic carbocycles. The van der Waals surface area contributed by atoms with E-state index in [-0.39, 0.29) is 0 Å². The molecule has 0 bridgehead atoms. The minimum Gasteiger partial charge on any atom is -0.465 e. The van der Waals surface area contributed by atoms with E-state index in [1.165, 1.54) is 13.3 Å². The van der Waals surface area contributed by atoms with Gasteiger partial charge in [0.05, 0.1) is 12.7 Å². The molecule has 0 radical (unpaired) electrons. The van der Waals surface area contributed by atoms with E-state index in [4.69, 9.17) is 10.5 Å². The van der Waals surface area contributed by atoms with Crippen LogP contribution in [0.1, 0.15) is 10.4 Å². The number of hydrogen-bond donors (Lipinski definition) is 1. The Hall–Kier alpha value is -2.36. The zero-order valence-corrected chi connectivity index (χ0v) is 9.38. The largest absolute Gasteiger partial charge is 0.465 e. The van der Waals surface area contributed by atoms with E-state index in [1.54, 1.807) is 18.3 Å². The lowest BCUT2D eigenvalue weighted by Crippen LogP contribution is -2.04. The molecule has 0 spiro atoms. The number of rotatable bonds is 2. The molecular weight excluding hydrogens is 216 g/mol. The summed E-state index contributed by atoms with van der Waals surface area (Å²) in [6, 6.07) is 9.09. The first kappa shape index (κ1) is 11.1. The lowest BCUT2D eigenvalue weighted by atomic mass is 10.0. The van der Waals surface area contributed by atoms with E-state index in [9.17, 15) is 4.79 Å². The quantitative estimate of drug-likeness (QED) is 0.631. The van der Waals surface area contributed by atoms with Crippen molar-refractivity contribution in [3.05, 3.63) is 48.3 Å². The maximum Gasteiger partial charge on any atom is 0.340 e. The molecule has 0 saturated heterocycles. The number of ether oxygens (including phenoxy) is 1. The maximum absolute atomic E-state index is 11.6. The van der Waals surface area contributed by atoms with Crippen LogP contribution in [0.5, 0.6) is 0 Å². The van der Waals surface area contributed by atoms with Gasteiger partial charge in [0, 0.05) is 18.1 Å². The van der Waals surface area contributed by atoms with Crippen molar-refractivity contribution >= 4 is 11.7 Å². The second kappa shape index (κ2) is 4.65. The molecule has 1 heterocycles. The van der Waals surface area contributed by atoms with Crippen LogP contribution in [0.25, 0.3) is 11.1 Å². The average Bonchev–Trinajstić information content (AvgIpc) is 2.38. The third kappa shape index (κ3) is 2.25. The van der Waals surface area contributed by atoms with Crippen LogP contribution in [-0.4, -0.2) is 18.1 Å². The molecule has 0 saturated carbocycles. The standard InChI is InChI=1S/C13H12N2O2/c1-17-13(16)12-8-15-6-5-11(12)9-3-2-4-10(14)7-9/h2-8H,14H2,1H3. The smallest absolute Gasteiger partial charge is 0.340 e. The van der Waals surface area contributed by atoms with E-state index in [2.05, 4.69) is 4.98 Å². The Balaban J connectivity index is 2.55. The summed E-state index contributed by atoms with van der Waals surface area (Å²) in [7, 11) is 1.35. The fourth-order valence-corrected chi connectivity index (χ4v) is 1.63. The van der Waals surface area contributed by atoms with Crippen molar-refractivity contribution in [1.82, 2.24) is 4.98 Å². The lowest BCUT2D eigenvalue weighted by molar-refractivity contribution is 0.0601. The molecule has 1 aromatic carbocycles. The Morgan fingerprint density at radius 2 is 2.18 bits per heavy atom. The van der Waals surface area contributed by atoms with Gasteiger partial charge in [-0.25, -0.2) is 4.79 Å². The molecule has 0 aliphatic heterocycles. The van der Waals surface area contributed by atoms with Crippen molar-refractivity contribution in [1.29, 1.82) is 0 Å². The zero-order valence-electron chi connectivity index (χ0n) is 9.38. The molecule has 2 aromatic rings. The van der Waals surface area contributed by atoms with Crippen molar-refractivity contribution in [3.8, 4) is 11.1 Å². The first-order valence-electron chi connectivity index (χ1n) is 5.10. The fraction of sp³-hybridized carbons (Fsp3) is 0.0769. The number of nitrogens with two attached hydrogens (primary N) is 1. The third-order valence-electron chi connectivity index (χ3n) is 2.42. The lowest BCUT2D eigenvalue weighted by Gasteiger charge is -2.07. The molecule has 2 N–H and O–H groups in total. The summed E-state index contributed by atoms with van der Waals surface area (Å²) in [4.78, 5) is 15.5. The van der Waals surface area contributed by atoms with Gasteiger partial charge in [-0.1, -0.05) is 12.1 Å². The van der Waals surface area contributed by atoms with Crippen molar-refractivity contribution in [3.63, 3.8) is 0 Å². The molecule has 4 heteroatoms. The monoisotopic (exact) mass is 228 g/mol. The summed E-state index contributed by atoms with van der Waals surface area (Å²) >= 11 is 0. The Morgan fingerprint density at radius 1 is 1.35 bits per heavy atom. The van der Waals surface area contributed by atoms with E-state index in [1.807, 2.05) is 18.2 Å². The Bertz CT molecular complexity index is 553. The van der Waals surface area contributed by atoms with Crippen LogP contribution in [-0.2, 0) is 4.74 Å². The highest BCUT2D eigenvalue weighted by molar-refractivity contribution is 5.97. The Labute approximate surface area is 99.1 Å². The number of pyridine rings is 1. The van der Waals surface area contributed by atoms with Gasteiger partial charge in [-0.15, -0.1) is 0 Å². The molecule has 4 nitrogen and oxygen atoms in total. The SMILES string of the molecule is COC(=O)c1cnccc1-c1cccc(N)c1. The first-order valence-corrected chi connectivity index (χ1v) is 5.10. The van der Waals surface area contributed by atoms with Crippen LogP contribution in [0.2, 0.25) is 0 Å². The number of esters is 1. The van der Waals surface area contributed by atoms with Gasteiger partial charge in [-0.05, 0) is 29.3 Å². The van der Waals surface area contributed by atoms with Crippen molar-refractivity contribution in [2.75, 3.05) is 12.8 Å². The van der Waals surface area contributed by atoms with Crippen LogP contribution in [0.3, 0.4) is 0 Å². The van der Waals surface area contributed by atoms with Gasteiger partial charge in [-0.2, -0.15) is 0 Å². The molecule has 0 unspecified atom stereocenters. The van der Waals surface area contributed by atoms with Crippen molar-refractivity contribution < 1.29 is 9.53 Å². The second-order valence-electron chi connectivity index (χ2n) is 3.54. The van der Waals surface area contributed by atoms with Crippen molar-refractivity contribution in [2.24, 2.45) is 0 Å². The second-order valence-corrected chi connectivity index (χ2v) is 3.54. The third-order valence-corrected chi connectivity index (χ3v) is 2.42. The fourth-order valence-electron chi connectivity index (χ4n) is 1.63. The zero-order chi connectivity index (χ0) is 12.3. The summed E-state index contributed by atoms with van der Waals surface area (Å²) in [6.45, 7) is 0. The summed E-state index contributed by atoms with van der Waals surface area (Å²) in [5.41, 5.74) is 8.43. The number of carbonyl (C=O) groups excluding carboxylic acids is 1. The minimum absolute atomic E-state index is 0.407. The highest BCUT2D eigenvalue weighted by Crippen LogP contribution is 2.24. The van der Waals surface area contributed by atoms with Crippen LogP contribution < -0.4 is 5.73 Å². The molecular formula is C13H12N2O2. The number of aromatic nitrogens is 1. The normalized spacial score (nSPS) is 9.94. The number of benzene rings is 1. The number of nitrogens with zero attached hydrogens (tertiary/aromatic N) is 1. The number of anilines is 1. The number of nitrogen functional groups attached to an aromatic ring is 1. The first-order chi connectivity index (χ1) is 8.22. The predicted molar refractivity (Wildman–Crippen MR) is 65.4 cm³/mol. The average molecular weight is 228 g/mol. The highest BCUT2D eigenvalue weighted by atomic mass is 16.5. The van der Waals surface area contributed by atoms with Gasteiger partial charge >= 0.3 is 5.97 Å². The summed E-state index contributed by atoms with van der Waals surface area (Å²) in [6.07, 6.45) is 3.12. The molecule has 1 aromatic heterocycles. The van der Waals surface area contributed by atoms with E-state index < -0.39 is 5.97 Å². The maximum atomic E-state index is 11.6. The van der Waals surface area contributed by atoms with Crippen LogP contribution >= 0.6 is 0 Å². The van der Waals surface area contributed by atoms with Gasteiger partial charge in [0.15, 0.2) is 0 Å². The topological polar surface area (TPSA) is 65.2 Å². The molecule has 0 amide bonds. The van der Waals surface area contributed by atoms with Crippen LogP contribution in [0, 0.1) is 0 Å². The Morgan fingerprint density at radius 3 is 2.88 bits per heavy atom. The number of methoxy groups -OCH3 is 1. The Kier molecular flexibility index (Phi) is 3.05. The molecule has 17 heavy (non-hydrogen) atoms. The molecule has 0 fully saturated rings. The van der Waals surface area contributed by atoms with Gasteiger partial charge in [-0.3, -0.25) is 4.98 Å². The summed E-state index contributed by atoms with van der Waals surface area (Å²) in [5, 5.41) is 0. The van der Waals surface area contributed by atoms with Crippen LogP contribution in [0.4, 0.5) is 5.69 Å². The summed E-state index contributed by atoms with van der Waals surface area (Å²) < 4.78 is 4.72. The van der Waals surface area contributed by atoms with E-state index in [0.717, 1.165) is 11.1 Å². The van der Waals surface area contributed by atoms with Crippen LogP contribution in [0.15, 0.2) is 42.7 Å². The highest BCUT2D eigenvalue weighted by Gasteiger charge is 2.12. The minimum atomic E-state index is -0.407. The van der Waals surface area contributed by atoms with E-state index >= 15 is 0 Å². The van der Waals surface area contributed by atoms with Gasteiger partial charge in [0.2, 0.25) is 0 Å². The van der Waals surface area contributed by atoms with Gasteiger partial charge in [0.25, 0.3) is 0 Å². The van der Waals surface area contributed by atoms with Gasteiger partial charge in [0.1, 0.15) is 0 Å².